The minimum absolute atomic E-state index is 0.0431. The summed E-state index contributed by atoms with van der Waals surface area (Å²) in [5.74, 6) is 0.163. The Kier molecular flexibility index (Phi) is 4.17. The lowest BCUT2D eigenvalue weighted by Gasteiger charge is -2.41. The molecule has 5 heteroatoms. The molecular formula is C19H25N3O2. The first kappa shape index (κ1) is 15.5. The van der Waals surface area contributed by atoms with Crippen molar-refractivity contribution in [3.8, 4) is 0 Å². The van der Waals surface area contributed by atoms with Gasteiger partial charge in [0.2, 0.25) is 5.91 Å². The molecule has 128 valence electrons. The van der Waals surface area contributed by atoms with Gasteiger partial charge in [0, 0.05) is 25.2 Å². The molecule has 2 saturated heterocycles. The lowest BCUT2D eigenvalue weighted by atomic mass is 9.96. The van der Waals surface area contributed by atoms with E-state index in [4.69, 9.17) is 0 Å². The van der Waals surface area contributed by atoms with Crippen molar-refractivity contribution in [1.82, 2.24) is 4.90 Å². The van der Waals surface area contributed by atoms with Crippen LogP contribution in [0.5, 0.6) is 0 Å². The van der Waals surface area contributed by atoms with Crippen LogP contribution in [0, 0.1) is 0 Å². The Hall–Kier alpha value is -2.04. The number of anilines is 2. The van der Waals surface area contributed by atoms with E-state index in [2.05, 4.69) is 10.2 Å². The lowest BCUT2D eigenvalue weighted by molar-refractivity contribution is -0.118. The molecule has 0 radical (unpaired) electrons. The molecule has 1 N–H and O–H groups in total. The van der Waals surface area contributed by atoms with Crippen LogP contribution in [-0.4, -0.2) is 42.4 Å². The van der Waals surface area contributed by atoms with Crippen molar-refractivity contribution in [2.45, 2.75) is 51.0 Å². The number of likely N-dealkylation sites (tertiary alicyclic amines) is 1. The molecule has 24 heavy (non-hydrogen) atoms. The fourth-order valence-electron chi connectivity index (χ4n) is 4.18. The number of rotatable bonds is 1. The van der Waals surface area contributed by atoms with Crippen LogP contribution in [0.25, 0.3) is 0 Å². The second-order valence-corrected chi connectivity index (χ2v) is 7.13. The average molecular weight is 327 g/mol. The fourth-order valence-corrected chi connectivity index (χ4v) is 4.18. The first-order chi connectivity index (χ1) is 11.7. The van der Waals surface area contributed by atoms with E-state index in [1.54, 1.807) is 0 Å². The number of nitrogens with zero attached hydrogens (tertiary/aromatic N) is 2. The van der Waals surface area contributed by atoms with Gasteiger partial charge in [0.25, 0.3) is 5.91 Å². The molecule has 0 aliphatic carbocycles. The number of fused-ring (bicyclic) bond motifs is 3. The molecule has 5 nitrogen and oxygen atoms in total. The van der Waals surface area contributed by atoms with Crippen LogP contribution >= 0.6 is 0 Å². The zero-order valence-electron chi connectivity index (χ0n) is 14.1. The maximum absolute atomic E-state index is 12.8. The van der Waals surface area contributed by atoms with Gasteiger partial charge in [0.05, 0.1) is 11.4 Å². The van der Waals surface area contributed by atoms with Crippen LogP contribution in [0.4, 0.5) is 11.4 Å². The highest BCUT2D eigenvalue weighted by atomic mass is 16.2. The van der Waals surface area contributed by atoms with Crippen molar-refractivity contribution in [1.29, 1.82) is 0 Å². The van der Waals surface area contributed by atoms with E-state index in [0.29, 0.717) is 5.56 Å². The second kappa shape index (κ2) is 6.46. The van der Waals surface area contributed by atoms with Gasteiger partial charge in [-0.25, -0.2) is 0 Å². The highest BCUT2D eigenvalue weighted by Crippen LogP contribution is 2.36. The Bertz CT molecular complexity index is 650. The molecule has 1 aromatic carbocycles. The number of piperidine rings is 1. The van der Waals surface area contributed by atoms with E-state index >= 15 is 0 Å². The summed E-state index contributed by atoms with van der Waals surface area (Å²) in [7, 11) is 0. The van der Waals surface area contributed by atoms with E-state index in [1.165, 1.54) is 12.8 Å². The first-order valence-corrected chi connectivity index (χ1v) is 9.25. The van der Waals surface area contributed by atoms with Crippen LogP contribution in [0.2, 0.25) is 0 Å². The van der Waals surface area contributed by atoms with Crippen LogP contribution in [-0.2, 0) is 4.79 Å². The molecule has 0 unspecified atom stereocenters. The predicted molar refractivity (Wildman–Crippen MR) is 94.4 cm³/mol. The monoisotopic (exact) mass is 327 g/mol. The van der Waals surface area contributed by atoms with Gasteiger partial charge in [-0.1, -0.05) is 12.8 Å². The number of amides is 2. The van der Waals surface area contributed by atoms with Crippen molar-refractivity contribution in [2.24, 2.45) is 0 Å². The Morgan fingerprint density at radius 1 is 1.00 bits per heavy atom. The zero-order valence-corrected chi connectivity index (χ0v) is 14.1. The Labute approximate surface area is 143 Å². The Morgan fingerprint density at radius 3 is 2.54 bits per heavy atom. The van der Waals surface area contributed by atoms with E-state index in [9.17, 15) is 9.59 Å². The largest absolute Gasteiger partial charge is 0.358 e. The highest BCUT2D eigenvalue weighted by Gasteiger charge is 2.34. The van der Waals surface area contributed by atoms with Crippen molar-refractivity contribution < 1.29 is 9.59 Å². The van der Waals surface area contributed by atoms with E-state index in [-0.39, 0.29) is 17.9 Å². The molecule has 0 aromatic heterocycles. The van der Waals surface area contributed by atoms with Gasteiger partial charge in [0.15, 0.2) is 0 Å². The quantitative estimate of drug-likeness (QED) is 0.862. The molecule has 0 spiro atoms. The number of carbonyl (C=O) groups excluding carboxylic acids is 2. The van der Waals surface area contributed by atoms with Crippen LogP contribution in [0.3, 0.4) is 0 Å². The van der Waals surface area contributed by atoms with E-state index in [0.717, 1.165) is 63.1 Å². The molecular weight excluding hydrogens is 302 g/mol. The van der Waals surface area contributed by atoms with Gasteiger partial charge in [-0.05, 0) is 50.3 Å². The summed E-state index contributed by atoms with van der Waals surface area (Å²) in [6.45, 7) is 2.61. The normalized spacial score (nSPS) is 23.8. The second-order valence-electron chi connectivity index (χ2n) is 7.13. The van der Waals surface area contributed by atoms with Crippen molar-refractivity contribution in [2.75, 3.05) is 29.9 Å². The average Bonchev–Trinajstić information content (AvgIpc) is 2.90. The van der Waals surface area contributed by atoms with Crippen molar-refractivity contribution in [3.63, 3.8) is 0 Å². The maximum Gasteiger partial charge on any atom is 0.253 e. The third-order valence-corrected chi connectivity index (χ3v) is 5.51. The lowest BCUT2D eigenvalue weighted by Crippen LogP contribution is -2.50. The third-order valence-electron chi connectivity index (χ3n) is 5.51. The summed E-state index contributed by atoms with van der Waals surface area (Å²) in [6, 6.07) is 5.76. The van der Waals surface area contributed by atoms with Crippen molar-refractivity contribution >= 4 is 23.2 Å². The zero-order chi connectivity index (χ0) is 16.5. The van der Waals surface area contributed by atoms with Gasteiger partial charge >= 0.3 is 0 Å². The topological polar surface area (TPSA) is 52.7 Å². The minimum atomic E-state index is -0.0431. The molecule has 3 heterocycles. The summed E-state index contributed by atoms with van der Waals surface area (Å²) >= 11 is 0. The number of hydrogen-bond donors (Lipinski definition) is 1. The number of benzene rings is 1. The molecule has 1 atom stereocenters. The van der Waals surface area contributed by atoms with Gasteiger partial charge in [-0.15, -0.1) is 0 Å². The van der Waals surface area contributed by atoms with E-state index < -0.39 is 0 Å². The van der Waals surface area contributed by atoms with Gasteiger partial charge < -0.3 is 15.1 Å². The smallest absolute Gasteiger partial charge is 0.253 e. The van der Waals surface area contributed by atoms with Gasteiger partial charge in [-0.2, -0.15) is 0 Å². The molecule has 4 rings (SSSR count). The first-order valence-electron chi connectivity index (χ1n) is 9.25. The fraction of sp³-hybridized carbons (Fsp3) is 0.579. The summed E-state index contributed by atoms with van der Waals surface area (Å²) in [5.41, 5.74) is 2.54. The Morgan fingerprint density at radius 2 is 1.75 bits per heavy atom. The summed E-state index contributed by atoms with van der Waals surface area (Å²) in [6.07, 6.45) is 7.74. The number of nitrogens with one attached hydrogen (secondary N) is 1. The van der Waals surface area contributed by atoms with Gasteiger partial charge in [0.1, 0.15) is 6.04 Å². The molecule has 0 saturated carbocycles. The van der Waals surface area contributed by atoms with Crippen LogP contribution in [0.1, 0.15) is 55.3 Å². The summed E-state index contributed by atoms with van der Waals surface area (Å²) in [4.78, 5) is 29.3. The SMILES string of the molecule is O=C1Nc2cc(C(=O)N3CCCCCC3)ccc2N2CCCC[C@@H]12. The highest BCUT2D eigenvalue weighted by molar-refractivity contribution is 6.05. The summed E-state index contributed by atoms with van der Waals surface area (Å²) < 4.78 is 0. The number of hydrogen-bond acceptors (Lipinski definition) is 3. The molecule has 2 amide bonds. The third kappa shape index (κ3) is 2.76. The van der Waals surface area contributed by atoms with Crippen LogP contribution < -0.4 is 10.2 Å². The minimum Gasteiger partial charge on any atom is -0.358 e. The van der Waals surface area contributed by atoms with Crippen molar-refractivity contribution in [3.05, 3.63) is 23.8 Å². The predicted octanol–water partition coefficient (Wildman–Crippen LogP) is 3.01. The Balaban J connectivity index is 1.60. The van der Waals surface area contributed by atoms with Crippen LogP contribution in [0.15, 0.2) is 18.2 Å². The number of carbonyl (C=O) groups is 2. The standard InChI is InChI=1S/C19H25N3O2/c23-18-17-7-3-6-12-22(17)16-9-8-14(13-15(16)20-18)19(24)21-10-4-1-2-5-11-21/h8-9,13,17H,1-7,10-12H2,(H,20,23)/t17-/m0/s1. The molecule has 1 aromatic rings. The van der Waals surface area contributed by atoms with Gasteiger partial charge in [-0.3, -0.25) is 9.59 Å². The molecule has 2 fully saturated rings. The summed E-state index contributed by atoms with van der Waals surface area (Å²) in [5, 5.41) is 3.02. The maximum atomic E-state index is 12.8. The van der Waals surface area contributed by atoms with E-state index in [1.807, 2.05) is 23.1 Å². The molecule has 0 bridgehead atoms. The molecule has 3 aliphatic heterocycles. The molecule has 3 aliphatic rings.